The molecule has 1 aromatic carbocycles. The number of benzene rings is 1. The van der Waals surface area contributed by atoms with Gasteiger partial charge in [-0.15, -0.1) is 0 Å². The average Bonchev–Trinajstić information content (AvgIpc) is 2.25. The molecule has 0 aromatic heterocycles. The van der Waals surface area contributed by atoms with E-state index in [1.807, 2.05) is 0 Å². The van der Waals surface area contributed by atoms with Crippen LogP contribution in [0.2, 0.25) is 0 Å². The Morgan fingerprint density at radius 2 is 1.81 bits per heavy atom. The SMILES string of the molecule is CC(C)CNCCCCc1ccc(Br)cc1. The zero-order valence-corrected chi connectivity index (χ0v) is 11.9. The van der Waals surface area contributed by atoms with Crippen molar-refractivity contribution < 1.29 is 0 Å². The van der Waals surface area contributed by atoms with Crippen LogP contribution < -0.4 is 5.32 Å². The maximum atomic E-state index is 3.47. The van der Waals surface area contributed by atoms with Crippen molar-refractivity contribution in [2.24, 2.45) is 5.92 Å². The minimum Gasteiger partial charge on any atom is -0.316 e. The average molecular weight is 284 g/mol. The Labute approximate surface area is 108 Å². The summed E-state index contributed by atoms with van der Waals surface area (Å²) in [5.74, 6) is 0.756. The number of nitrogens with one attached hydrogen (secondary N) is 1. The van der Waals surface area contributed by atoms with Crippen LogP contribution in [-0.4, -0.2) is 13.1 Å². The van der Waals surface area contributed by atoms with Crippen LogP contribution in [0.25, 0.3) is 0 Å². The first-order valence-electron chi connectivity index (χ1n) is 6.13. The zero-order chi connectivity index (χ0) is 11.8. The highest BCUT2D eigenvalue weighted by Gasteiger charge is 1.95. The molecule has 1 nitrogen and oxygen atoms in total. The second-order valence-corrected chi connectivity index (χ2v) is 5.60. The lowest BCUT2D eigenvalue weighted by atomic mass is 10.1. The molecule has 0 fully saturated rings. The summed E-state index contributed by atoms with van der Waals surface area (Å²) in [6, 6.07) is 8.63. The predicted molar refractivity (Wildman–Crippen MR) is 74.8 cm³/mol. The van der Waals surface area contributed by atoms with E-state index in [1.54, 1.807) is 0 Å². The van der Waals surface area contributed by atoms with E-state index in [0.29, 0.717) is 0 Å². The van der Waals surface area contributed by atoms with Crippen molar-refractivity contribution in [2.45, 2.75) is 33.1 Å². The summed E-state index contributed by atoms with van der Waals surface area (Å²) >= 11 is 3.45. The third kappa shape index (κ3) is 6.29. The molecule has 0 aliphatic heterocycles. The third-order valence-corrected chi connectivity index (χ3v) is 3.06. The molecule has 1 aromatic rings. The Balaban J connectivity index is 2.05. The van der Waals surface area contributed by atoms with Gasteiger partial charge in [-0.05, 0) is 56.0 Å². The van der Waals surface area contributed by atoms with E-state index in [0.717, 1.165) is 23.5 Å². The normalized spacial score (nSPS) is 11.0. The lowest BCUT2D eigenvalue weighted by molar-refractivity contribution is 0.535. The summed E-state index contributed by atoms with van der Waals surface area (Å²) in [4.78, 5) is 0. The first kappa shape index (κ1) is 13.7. The van der Waals surface area contributed by atoms with Crippen molar-refractivity contribution in [2.75, 3.05) is 13.1 Å². The van der Waals surface area contributed by atoms with E-state index >= 15 is 0 Å². The molecule has 0 atom stereocenters. The Morgan fingerprint density at radius 3 is 2.44 bits per heavy atom. The number of hydrogen-bond donors (Lipinski definition) is 1. The highest BCUT2D eigenvalue weighted by Crippen LogP contribution is 2.12. The van der Waals surface area contributed by atoms with Gasteiger partial charge in [0.05, 0.1) is 0 Å². The molecule has 0 saturated heterocycles. The van der Waals surface area contributed by atoms with E-state index in [2.05, 4.69) is 59.4 Å². The van der Waals surface area contributed by atoms with Crippen LogP contribution in [0.3, 0.4) is 0 Å². The van der Waals surface area contributed by atoms with Gasteiger partial charge in [-0.3, -0.25) is 0 Å². The fourth-order valence-corrected chi connectivity index (χ4v) is 1.89. The van der Waals surface area contributed by atoms with Gasteiger partial charge in [-0.1, -0.05) is 41.9 Å². The molecule has 16 heavy (non-hydrogen) atoms. The molecule has 0 spiro atoms. The van der Waals surface area contributed by atoms with Gasteiger partial charge in [0.25, 0.3) is 0 Å². The van der Waals surface area contributed by atoms with Crippen LogP contribution in [0.15, 0.2) is 28.7 Å². The highest BCUT2D eigenvalue weighted by molar-refractivity contribution is 9.10. The highest BCUT2D eigenvalue weighted by atomic mass is 79.9. The Bertz CT molecular complexity index is 279. The summed E-state index contributed by atoms with van der Waals surface area (Å²) in [5.41, 5.74) is 1.44. The predicted octanol–water partition coefficient (Wildman–Crippen LogP) is 4.02. The molecule has 0 radical (unpaired) electrons. The van der Waals surface area contributed by atoms with Crippen molar-refractivity contribution in [3.8, 4) is 0 Å². The second-order valence-electron chi connectivity index (χ2n) is 4.68. The lowest BCUT2D eigenvalue weighted by Crippen LogP contribution is -2.20. The lowest BCUT2D eigenvalue weighted by Gasteiger charge is -2.07. The van der Waals surface area contributed by atoms with Crippen LogP contribution in [0.5, 0.6) is 0 Å². The van der Waals surface area contributed by atoms with Gasteiger partial charge in [0.2, 0.25) is 0 Å². The number of aryl methyl sites for hydroxylation is 1. The van der Waals surface area contributed by atoms with Gasteiger partial charge >= 0.3 is 0 Å². The topological polar surface area (TPSA) is 12.0 Å². The summed E-state index contributed by atoms with van der Waals surface area (Å²) in [6.45, 7) is 6.77. The summed E-state index contributed by atoms with van der Waals surface area (Å²) < 4.78 is 1.16. The van der Waals surface area contributed by atoms with Gasteiger partial charge in [0.15, 0.2) is 0 Å². The molecule has 1 N–H and O–H groups in total. The van der Waals surface area contributed by atoms with Crippen LogP contribution >= 0.6 is 15.9 Å². The molecule has 0 saturated carbocycles. The van der Waals surface area contributed by atoms with Crippen molar-refractivity contribution in [3.05, 3.63) is 34.3 Å². The molecule has 90 valence electrons. The molecule has 1 rings (SSSR count). The van der Waals surface area contributed by atoms with Gasteiger partial charge in [-0.2, -0.15) is 0 Å². The zero-order valence-electron chi connectivity index (χ0n) is 10.3. The van der Waals surface area contributed by atoms with Crippen LogP contribution in [0.1, 0.15) is 32.3 Å². The summed E-state index contributed by atoms with van der Waals surface area (Å²) in [7, 11) is 0. The van der Waals surface area contributed by atoms with Crippen molar-refractivity contribution in [1.82, 2.24) is 5.32 Å². The van der Waals surface area contributed by atoms with E-state index in [4.69, 9.17) is 0 Å². The molecule has 0 amide bonds. The molecule has 2 heteroatoms. The maximum Gasteiger partial charge on any atom is 0.0175 e. The number of rotatable bonds is 7. The van der Waals surface area contributed by atoms with Crippen molar-refractivity contribution in [1.29, 1.82) is 0 Å². The number of unbranched alkanes of at least 4 members (excludes halogenated alkanes) is 1. The smallest absolute Gasteiger partial charge is 0.0175 e. The molecule has 0 heterocycles. The van der Waals surface area contributed by atoms with Crippen molar-refractivity contribution in [3.63, 3.8) is 0 Å². The Morgan fingerprint density at radius 1 is 1.12 bits per heavy atom. The fourth-order valence-electron chi connectivity index (χ4n) is 1.62. The monoisotopic (exact) mass is 283 g/mol. The largest absolute Gasteiger partial charge is 0.316 e. The molecule has 0 aliphatic rings. The minimum absolute atomic E-state index is 0.756. The Kier molecular flexibility index (Phi) is 6.74. The van der Waals surface area contributed by atoms with E-state index in [9.17, 15) is 0 Å². The van der Waals surface area contributed by atoms with Gasteiger partial charge in [-0.25, -0.2) is 0 Å². The van der Waals surface area contributed by atoms with Gasteiger partial charge in [0.1, 0.15) is 0 Å². The Hall–Kier alpha value is -0.340. The van der Waals surface area contributed by atoms with Crippen LogP contribution in [-0.2, 0) is 6.42 Å². The molecular weight excluding hydrogens is 262 g/mol. The van der Waals surface area contributed by atoms with Gasteiger partial charge < -0.3 is 5.32 Å². The molecular formula is C14H22BrN. The van der Waals surface area contributed by atoms with E-state index < -0.39 is 0 Å². The minimum atomic E-state index is 0.756. The first-order chi connectivity index (χ1) is 7.68. The third-order valence-electron chi connectivity index (χ3n) is 2.53. The fraction of sp³-hybridized carbons (Fsp3) is 0.571. The summed E-state index contributed by atoms with van der Waals surface area (Å²) in [6.07, 6.45) is 3.73. The van der Waals surface area contributed by atoms with Crippen molar-refractivity contribution >= 4 is 15.9 Å². The van der Waals surface area contributed by atoms with E-state index in [1.165, 1.54) is 24.8 Å². The molecule has 0 unspecified atom stereocenters. The van der Waals surface area contributed by atoms with Gasteiger partial charge in [0, 0.05) is 4.47 Å². The number of halogens is 1. The second kappa shape index (κ2) is 7.86. The molecule has 0 bridgehead atoms. The summed E-state index contributed by atoms with van der Waals surface area (Å²) in [5, 5.41) is 3.47. The quantitative estimate of drug-likeness (QED) is 0.746. The number of hydrogen-bond acceptors (Lipinski definition) is 1. The first-order valence-corrected chi connectivity index (χ1v) is 6.93. The standard InChI is InChI=1S/C14H22BrN/c1-12(2)11-16-10-4-3-5-13-6-8-14(15)9-7-13/h6-9,12,16H,3-5,10-11H2,1-2H3. The van der Waals surface area contributed by atoms with Crippen LogP contribution in [0, 0.1) is 5.92 Å². The molecule has 0 aliphatic carbocycles. The van der Waals surface area contributed by atoms with Crippen LogP contribution in [0.4, 0.5) is 0 Å². The van der Waals surface area contributed by atoms with E-state index in [-0.39, 0.29) is 0 Å². The maximum absolute atomic E-state index is 3.47.